The third kappa shape index (κ3) is 3.67. The summed E-state index contributed by atoms with van der Waals surface area (Å²) < 4.78 is 5.80. The maximum absolute atomic E-state index is 5.80. The van der Waals surface area contributed by atoms with Crippen LogP contribution in [0, 0.1) is 0 Å². The number of nitrogens with zero attached hydrogens (tertiary/aromatic N) is 2. The summed E-state index contributed by atoms with van der Waals surface area (Å²) in [5.41, 5.74) is 0. The van der Waals surface area contributed by atoms with E-state index in [0.29, 0.717) is 0 Å². The van der Waals surface area contributed by atoms with Gasteiger partial charge in [-0.15, -0.1) is 0 Å². The number of hydrogen-bond acceptors (Lipinski definition) is 3. The van der Waals surface area contributed by atoms with Gasteiger partial charge in [0.15, 0.2) is 8.32 Å². The van der Waals surface area contributed by atoms with E-state index in [-0.39, 0.29) is 0 Å². The van der Waals surface area contributed by atoms with E-state index >= 15 is 0 Å². The molecule has 3 nitrogen and oxygen atoms in total. The summed E-state index contributed by atoms with van der Waals surface area (Å²) in [5, 5.41) is 0. The lowest BCUT2D eigenvalue weighted by Gasteiger charge is -2.22. The van der Waals surface area contributed by atoms with Crippen molar-refractivity contribution in [3.05, 3.63) is 0 Å². The molecule has 1 heterocycles. The summed E-state index contributed by atoms with van der Waals surface area (Å²) in [4.78, 5) is 4.66. The van der Waals surface area contributed by atoms with Crippen molar-refractivity contribution in [3.63, 3.8) is 0 Å². The highest BCUT2D eigenvalue weighted by Gasteiger charge is 2.20. The van der Waals surface area contributed by atoms with Crippen LogP contribution in [0.1, 0.15) is 0 Å². The van der Waals surface area contributed by atoms with Gasteiger partial charge in [0.25, 0.3) is 0 Å². The topological polar surface area (TPSA) is 15.7 Å². The van der Waals surface area contributed by atoms with Crippen LogP contribution in [0.15, 0.2) is 0 Å². The van der Waals surface area contributed by atoms with Crippen LogP contribution in [0.4, 0.5) is 0 Å². The second kappa shape index (κ2) is 3.87. The molecule has 1 aliphatic heterocycles. The first-order valence-corrected chi connectivity index (χ1v) is 7.93. The summed E-state index contributed by atoms with van der Waals surface area (Å²) >= 11 is 0. The maximum atomic E-state index is 5.80. The summed E-state index contributed by atoms with van der Waals surface area (Å²) in [5.74, 6) is 0. The van der Waals surface area contributed by atoms with Gasteiger partial charge in [0.05, 0.1) is 13.4 Å². The summed E-state index contributed by atoms with van der Waals surface area (Å²) in [7, 11) is 0.840. The molecule has 0 unspecified atom stereocenters. The lowest BCUT2D eigenvalue weighted by molar-refractivity contribution is 0.130. The second-order valence-electron chi connectivity index (χ2n) is 4.50. The van der Waals surface area contributed by atoms with Crippen molar-refractivity contribution in [2.24, 2.45) is 0 Å². The van der Waals surface area contributed by atoms with Gasteiger partial charge in [-0.2, -0.15) is 0 Å². The average molecular weight is 188 g/mol. The zero-order valence-electron chi connectivity index (χ0n) is 8.63. The van der Waals surface area contributed by atoms with Gasteiger partial charge in [-0.3, -0.25) is 9.80 Å². The highest BCUT2D eigenvalue weighted by atomic mass is 28.4. The second-order valence-corrected chi connectivity index (χ2v) is 9.01. The Kier molecular flexibility index (Phi) is 3.28. The maximum Gasteiger partial charge on any atom is 0.185 e. The Labute approximate surface area is 76.4 Å². The van der Waals surface area contributed by atoms with Crippen LogP contribution in [0.3, 0.4) is 0 Å². The molecule has 0 aromatic rings. The van der Waals surface area contributed by atoms with Crippen LogP contribution in [0.25, 0.3) is 0 Å². The fraction of sp³-hybridized carbons (Fsp3) is 1.00. The quantitative estimate of drug-likeness (QED) is 0.615. The Morgan fingerprint density at radius 3 is 2.33 bits per heavy atom. The van der Waals surface area contributed by atoms with Crippen LogP contribution in [0.5, 0.6) is 0 Å². The van der Waals surface area contributed by atoms with Crippen molar-refractivity contribution >= 4 is 8.32 Å². The van der Waals surface area contributed by atoms with Gasteiger partial charge in [-0.05, 0) is 26.7 Å². The first-order valence-electron chi connectivity index (χ1n) is 4.52. The van der Waals surface area contributed by atoms with Crippen molar-refractivity contribution in [1.29, 1.82) is 0 Å². The molecule has 0 radical (unpaired) electrons. The van der Waals surface area contributed by atoms with E-state index < -0.39 is 8.32 Å². The number of likely N-dealkylation sites (N-methyl/N-ethyl adjacent to an activating group) is 1. The van der Waals surface area contributed by atoms with E-state index in [4.69, 9.17) is 4.43 Å². The molecule has 0 bridgehead atoms. The summed E-state index contributed by atoms with van der Waals surface area (Å²) in [6.07, 6.45) is 0. The summed E-state index contributed by atoms with van der Waals surface area (Å²) in [6.45, 7) is 10.9. The van der Waals surface area contributed by atoms with Crippen LogP contribution < -0.4 is 0 Å². The number of rotatable bonds is 3. The Hall–Kier alpha value is 0.0969. The molecule has 1 fully saturated rings. The van der Waals surface area contributed by atoms with Gasteiger partial charge in [0.2, 0.25) is 0 Å². The third-order valence-electron chi connectivity index (χ3n) is 1.92. The normalized spacial score (nSPS) is 22.0. The van der Waals surface area contributed by atoms with Crippen LogP contribution in [-0.2, 0) is 4.43 Å². The Balaban J connectivity index is 2.16. The molecule has 72 valence electrons. The van der Waals surface area contributed by atoms with E-state index in [1.54, 1.807) is 0 Å². The van der Waals surface area contributed by atoms with Gasteiger partial charge >= 0.3 is 0 Å². The van der Waals surface area contributed by atoms with Gasteiger partial charge in [0, 0.05) is 13.1 Å². The van der Waals surface area contributed by atoms with E-state index in [1.807, 2.05) is 0 Å². The highest BCUT2D eigenvalue weighted by molar-refractivity contribution is 6.69. The molecule has 0 saturated carbocycles. The fourth-order valence-corrected chi connectivity index (χ4v) is 1.76. The summed E-state index contributed by atoms with van der Waals surface area (Å²) in [6, 6.07) is 0. The molecule has 1 aliphatic rings. The van der Waals surface area contributed by atoms with E-state index in [2.05, 4.69) is 36.5 Å². The minimum atomic E-state index is -1.31. The zero-order chi connectivity index (χ0) is 9.19. The predicted octanol–water partition coefficient (Wildman–Crippen LogP) is 1.00. The molecular weight excluding hydrogens is 168 g/mol. The first-order chi connectivity index (χ1) is 5.47. The molecule has 12 heavy (non-hydrogen) atoms. The highest BCUT2D eigenvalue weighted by Crippen LogP contribution is 2.06. The Morgan fingerprint density at radius 1 is 1.25 bits per heavy atom. The van der Waals surface area contributed by atoms with Gasteiger partial charge in [0.1, 0.15) is 0 Å². The van der Waals surface area contributed by atoms with Gasteiger partial charge in [-0.1, -0.05) is 0 Å². The minimum Gasteiger partial charge on any atom is -0.405 e. The van der Waals surface area contributed by atoms with Crippen molar-refractivity contribution in [2.45, 2.75) is 19.6 Å². The molecule has 0 aromatic heterocycles. The van der Waals surface area contributed by atoms with Crippen LogP contribution >= 0.6 is 0 Å². The standard InChI is InChI=1S/C8H20N2OSi/c1-9-5-6-10(7-9)8-11-12(2,3)4/h5-8H2,1-4H3. The third-order valence-corrected chi connectivity index (χ3v) is 2.91. The molecule has 0 aromatic carbocycles. The van der Waals surface area contributed by atoms with Crippen molar-refractivity contribution in [1.82, 2.24) is 9.80 Å². The van der Waals surface area contributed by atoms with Crippen LogP contribution in [0.2, 0.25) is 19.6 Å². The van der Waals surface area contributed by atoms with Crippen molar-refractivity contribution < 1.29 is 4.43 Å². The molecule has 1 saturated heterocycles. The molecule has 0 N–H and O–H groups in total. The van der Waals surface area contributed by atoms with Crippen LogP contribution in [-0.4, -0.2) is 51.7 Å². The van der Waals surface area contributed by atoms with Crippen molar-refractivity contribution in [3.8, 4) is 0 Å². The SMILES string of the molecule is CN1CCN(CO[Si](C)(C)C)C1. The van der Waals surface area contributed by atoms with Crippen molar-refractivity contribution in [2.75, 3.05) is 33.5 Å². The van der Waals surface area contributed by atoms with E-state index in [1.165, 1.54) is 6.54 Å². The lowest BCUT2D eigenvalue weighted by Crippen LogP contribution is -2.34. The number of hydrogen-bond donors (Lipinski definition) is 0. The monoisotopic (exact) mass is 188 g/mol. The molecular formula is C8H20N2OSi. The molecule has 0 amide bonds. The molecule has 0 atom stereocenters. The average Bonchev–Trinajstić information content (AvgIpc) is 2.30. The molecule has 1 rings (SSSR count). The lowest BCUT2D eigenvalue weighted by atomic mass is 10.6. The van der Waals surface area contributed by atoms with Gasteiger partial charge in [-0.25, -0.2) is 0 Å². The molecule has 0 aliphatic carbocycles. The zero-order valence-corrected chi connectivity index (χ0v) is 9.63. The van der Waals surface area contributed by atoms with Gasteiger partial charge < -0.3 is 4.43 Å². The smallest absolute Gasteiger partial charge is 0.185 e. The van der Waals surface area contributed by atoms with E-state index in [0.717, 1.165) is 19.9 Å². The van der Waals surface area contributed by atoms with E-state index in [9.17, 15) is 0 Å². The Morgan fingerprint density at radius 2 is 1.92 bits per heavy atom. The predicted molar refractivity (Wildman–Crippen MR) is 53.5 cm³/mol. The largest absolute Gasteiger partial charge is 0.405 e. The molecule has 4 heteroatoms. The molecule has 0 spiro atoms. The first kappa shape index (κ1) is 10.2. The Bertz CT molecular complexity index is 146. The minimum absolute atomic E-state index is 0.820. The fourth-order valence-electron chi connectivity index (χ4n) is 1.19.